The summed E-state index contributed by atoms with van der Waals surface area (Å²) in [6.45, 7) is 3.97. The molecule has 1 aromatic heterocycles. The van der Waals surface area contributed by atoms with Crippen LogP contribution in [0.15, 0.2) is 4.52 Å². The Balaban J connectivity index is 1.82. The first-order valence-electron chi connectivity index (χ1n) is 7.73. The molecule has 1 saturated carbocycles. The van der Waals surface area contributed by atoms with Gasteiger partial charge in [-0.15, -0.1) is 0 Å². The Hall–Kier alpha value is -1.43. The van der Waals surface area contributed by atoms with Crippen molar-refractivity contribution in [3.63, 3.8) is 0 Å². The van der Waals surface area contributed by atoms with Crippen LogP contribution in [0.3, 0.4) is 0 Å². The normalized spacial score (nSPS) is 26.1. The molecule has 3 rings (SSSR count). The zero-order valence-electron chi connectivity index (χ0n) is 12.8. The summed E-state index contributed by atoms with van der Waals surface area (Å²) < 4.78 is 10.4. The smallest absolute Gasteiger partial charge is 0.225 e. The van der Waals surface area contributed by atoms with Crippen LogP contribution in [0.1, 0.15) is 43.8 Å². The third-order valence-corrected chi connectivity index (χ3v) is 4.60. The number of piperidine rings is 1. The minimum Gasteiger partial charge on any atom is -0.385 e. The molecule has 1 aliphatic carbocycles. The first kappa shape index (κ1) is 14.5. The molecule has 21 heavy (non-hydrogen) atoms. The van der Waals surface area contributed by atoms with E-state index in [1.54, 1.807) is 14.0 Å². The van der Waals surface area contributed by atoms with E-state index in [0.29, 0.717) is 24.9 Å². The van der Waals surface area contributed by atoms with E-state index in [9.17, 15) is 4.79 Å². The third-order valence-electron chi connectivity index (χ3n) is 4.60. The number of carbonyl (C=O) groups is 1. The van der Waals surface area contributed by atoms with Gasteiger partial charge < -0.3 is 14.2 Å². The van der Waals surface area contributed by atoms with E-state index < -0.39 is 0 Å². The molecule has 2 aliphatic rings. The van der Waals surface area contributed by atoms with Crippen LogP contribution < -0.4 is 0 Å². The predicted molar refractivity (Wildman–Crippen MR) is 75.7 cm³/mol. The Morgan fingerprint density at radius 3 is 2.95 bits per heavy atom. The molecule has 2 fully saturated rings. The van der Waals surface area contributed by atoms with Gasteiger partial charge >= 0.3 is 0 Å². The lowest BCUT2D eigenvalue weighted by atomic mass is 9.76. The lowest BCUT2D eigenvalue weighted by molar-refractivity contribution is -0.135. The number of hydrogen-bond donors (Lipinski definition) is 0. The first-order chi connectivity index (χ1) is 10.1. The van der Waals surface area contributed by atoms with Crippen LogP contribution in [-0.4, -0.2) is 47.8 Å². The summed E-state index contributed by atoms with van der Waals surface area (Å²) in [5.74, 6) is 1.87. The van der Waals surface area contributed by atoms with Gasteiger partial charge in [-0.1, -0.05) is 5.16 Å². The van der Waals surface area contributed by atoms with E-state index in [0.717, 1.165) is 44.5 Å². The summed E-state index contributed by atoms with van der Waals surface area (Å²) in [6.07, 6.45) is 4.86. The van der Waals surface area contributed by atoms with Crippen molar-refractivity contribution in [2.45, 2.75) is 44.4 Å². The number of carbonyl (C=O) groups excluding carboxylic acids is 1. The SMILES string of the molecule is COCCC1(c2noc(C)n2)CCCN(C(=O)C2CC2)C1. The van der Waals surface area contributed by atoms with Gasteiger partial charge in [0, 0.05) is 39.6 Å². The summed E-state index contributed by atoms with van der Waals surface area (Å²) in [6, 6.07) is 0. The topological polar surface area (TPSA) is 68.5 Å². The van der Waals surface area contributed by atoms with Crippen molar-refractivity contribution in [3.8, 4) is 0 Å². The fourth-order valence-corrected chi connectivity index (χ4v) is 3.22. The number of likely N-dealkylation sites (tertiary alicyclic amines) is 1. The zero-order chi connectivity index (χ0) is 14.9. The van der Waals surface area contributed by atoms with E-state index in [1.165, 1.54) is 0 Å². The molecule has 0 aromatic carbocycles. The van der Waals surface area contributed by atoms with Gasteiger partial charge in [-0.2, -0.15) is 4.98 Å². The van der Waals surface area contributed by atoms with Crippen molar-refractivity contribution in [2.24, 2.45) is 5.92 Å². The summed E-state index contributed by atoms with van der Waals surface area (Å²) in [5.41, 5.74) is -0.226. The van der Waals surface area contributed by atoms with Gasteiger partial charge in [0.05, 0.1) is 5.41 Å². The number of hydrogen-bond acceptors (Lipinski definition) is 5. The van der Waals surface area contributed by atoms with Gasteiger partial charge in [0.25, 0.3) is 0 Å². The molecule has 1 unspecified atom stereocenters. The molecule has 0 radical (unpaired) electrons. The molecule has 1 aliphatic heterocycles. The number of ether oxygens (including phenoxy) is 1. The molecule has 6 nitrogen and oxygen atoms in total. The van der Waals surface area contributed by atoms with Crippen molar-refractivity contribution >= 4 is 5.91 Å². The van der Waals surface area contributed by atoms with Crippen LogP contribution in [0.5, 0.6) is 0 Å². The number of aromatic nitrogens is 2. The third kappa shape index (κ3) is 2.95. The van der Waals surface area contributed by atoms with Crippen LogP contribution in [0.25, 0.3) is 0 Å². The second-order valence-corrected chi connectivity index (χ2v) is 6.30. The molecule has 116 valence electrons. The maximum Gasteiger partial charge on any atom is 0.225 e. The number of methoxy groups -OCH3 is 1. The Bertz CT molecular complexity index is 512. The molecular weight excluding hydrogens is 270 g/mol. The van der Waals surface area contributed by atoms with Crippen LogP contribution >= 0.6 is 0 Å². The van der Waals surface area contributed by atoms with E-state index in [4.69, 9.17) is 9.26 Å². The quantitative estimate of drug-likeness (QED) is 0.826. The molecule has 0 N–H and O–H groups in total. The monoisotopic (exact) mass is 293 g/mol. The highest BCUT2D eigenvalue weighted by atomic mass is 16.5. The molecule has 0 bridgehead atoms. The van der Waals surface area contributed by atoms with Crippen molar-refractivity contribution in [2.75, 3.05) is 26.8 Å². The van der Waals surface area contributed by atoms with Crippen molar-refractivity contribution < 1.29 is 14.1 Å². The number of nitrogens with zero attached hydrogens (tertiary/aromatic N) is 3. The molecule has 1 aromatic rings. The van der Waals surface area contributed by atoms with Crippen molar-refractivity contribution in [3.05, 3.63) is 11.7 Å². The Morgan fingerprint density at radius 2 is 2.33 bits per heavy atom. The average molecular weight is 293 g/mol. The van der Waals surface area contributed by atoms with Crippen LogP contribution in [0, 0.1) is 12.8 Å². The maximum atomic E-state index is 12.4. The van der Waals surface area contributed by atoms with Gasteiger partial charge in [0.1, 0.15) is 0 Å². The number of aryl methyl sites for hydroxylation is 1. The van der Waals surface area contributed by atoms with E-state index in [-0.39, 0.29) is 11.3 Å². The Labute approximate surface area is 124 Å². The highest BCUT2D eigenvalue weighted by Gasteiger charge is 2.44. The lowest BCUT2D eigenvalue weighted by Gasteiger charge is -2.41. The van der Waals surface area contributed by atoms with E-state index in [1.807, 2.05) is 4.90 Å². The minimum absolute atomic E-state index is 0.226. The van der Waals surface area contributed by atoms with Gasteiger partial charge in [0.2, 0.25) is 11.8 Å². The molecule has 1 saturated heterocycles. The van der Waals surface area contributed by atoms with E-state index >= 15 is 0 Å². The van der Waals surface area contributed by atoms with Gasteiger partial charge in [-0.3, -0.25) is 4.79 Å². The molecule has 6 heteroatoms. The van der Waals surface area contributed by atoms with Gasteiger partial charge in [-0.05, 0) is 32.1 Å². The largest absolute Gasteiger partial charge is 0.385 e. The standard InChI is InChI=1S/C15H23N3O3/c1-11-16-14(17-21-11)15(7-9-20-2)6-3-8-18(10-15)13(19)12-4-5-12/h12H,3-10H2,1-2H3. The average Bonchev–Trinajstić information content (AvgIpc) is 3.26. The van der Waals surface area contributed by atoms with Gasteiger partial charge in [-0.25, -0.2) is 0 Å². The highest BCUT2D eigenvalue weighted by molar-refractivity contribution is 5.81. The predicted octanol–water partition coefficient (Wildman–Crippen LogP) is 1.68. The first-order valence-corrected chi connectivity index (χ1v) is 7.73. The highest BCUT2D eigenvalue weighted by Crippen LogP contribution is 2.38. The second-order valence-electron chi connectivity index (χ2n) is 6.30. The summed E-state index contributed by atoms with van der Waals surface area (Å²) in [5, 5.41) is 4.14. The minimum atomic E-state index is -0.226. The lowest BCUT2D eigenvalue weighted by Crippen LogP contribution is -2.50. The molecule has 0 spiro atoms. The fourth-order valence-electron chi connectivity index (χ4n) is 3.22. The molecular formula is C15H23N3O3. The molecule has 2 heterocycles. The van der Waals surface area contributed by atoms with Crippen LogP contribution in [-0.2, 0) is 14.9 Å². The second kappa shape index (κ2) is 5.75. The number of amides is 1. The molecule has 1 atom stereocenters. The van der Waals surface area contributed by atoms with Gasteiger partial charge in [0.15, 0.2) is 5.82 Å². The summed E-state index contributed by atoms with van der Waals surface area (Å²) >= 11 is 0. The Kier molecular flexibility index (Phi) is 3.97. The summed E-state index contributed by atoms with van der Waals surface area (Å²) in [4.78, 5) is 18.8. The zero-order valence-corrected chi connectivity index (χ0v) is 12.8. The van der Waals surface area contributed by atoms with Crippen LogP contribution in [0.2, 0.25) is 0 Å². The molecule has 1 amide bonds. The fraction of sp³-hybridized carbons (Fsp3) is 0.800. The van der Waals surface area contributed by atoms with Crippen LogP contribution in [0.4, 0.5) is 0 Å². The summed E-state index contributed by atoms with van der Waals surface area (Å²) in [7, 11) is 1.70. The Morgan fingerprint density at radius 1 is 1.52 bits per heavy atom. The van der Waals surface area contributed by atoms with Crippen molar-refractivity contribution in [1.29, 1.82) is 0 Å². The number of rotatable bonds is 5. The van der Waals surface area contributed by atoms with Crippen molar-refractivity contribution in [1.82, 2.24) is 15.0 Å². The van der Waals surface area contributed by atoms with E-state index in [2.05, 4.69) is 10.1 Å². The maximum absolute atomic E-state index is 12.4.